The highest BCUT2D eigenvalue weighted by Crippen LogP contribution is 2.41. The average molecular weight is 450 g/mol. The fraction of sp³-hybridized carbons (Fsp3) is 0.520. The van der Waals surface area contributed by atoms with Gasteiger partial charge in [0.15, 0.2) is 0 Å². The van der Waals surface area contributed by atoms with Crippen molar-refractivity contribution in [2.45, 2.75) is 50.5 Å². The first-order chi connectivity index (χ1) is 13.6. The summed E-state index contributed by atoms with van der Waals surface area (Å²) in [6.45, 7) is 8.51. The molecular weight excluding hydrogens is 413 g/mol. The molecule has 1 aliphatic carbocycles. The topological polar surface area (TPSA) is 41.5 Å². The summed E-state index contributed by atoms with van der Waals surface area (Å²) in [6, 6.07) is 20.2. The molecule has 5 heteroatoms. The molecule has 0 aromatic heterocycles. The van der Waals surface area contributed by atoms with Crippen molar-refractivity contribution in [3.8, 4) is 0 Å². The lowest BCUT2D eigenvalue weighted by Crippen LogP contribution is -2.52. The third-order valence-corrected chi connectivity index (χ3v) is 7.30. The smallest absolute Gasteiger partial charge is 0.0408 e. The molecule has 0 atom stereocenters. The average Bonchev–Trinajstić information content (AvgIpc) is 2.74. The van der Waals surface area contributed by atoms with Crippen LogP contribution in [0, 0.1) is 0 Å². The molecule has 0 unspecified atom stereocenters. The minimum absolute atomic E-state index is 0. The first-order valence-corrected chi connectivity index (χ1v) is 11.3. The number of hydrogen-bond acceptors (Lipinski definition) is 3. The van der Waals surface area contributed by atoms with E-state index in [0.717, 1.165) is 11.1 Å². The van der Waals surface area contributed by atoms with Crippen LogP contribution in [0.4, 0.5) is 0 Å². The van der Waals surface area contributed by atoms with Crippen LogP contribution in [0.15, 0.2) is 54.6 Å². The molecule has 2 fully saturated rings. The van der Waals surface area contributed by atoms with Gasteiger partial charge in [-0.05, 0) is 60.8 Å². The van der Waals surface area contributed by atoms with Crippen LogP contribution in [-0.2, 0) is 11.8 Å². The van der Waals surface area contributed by atoms with Gasteiger partial charge >= 0.3 is 0 Å². The second-order valence-corrected chi connectivity index (χ2v) is 9.35. The zero-order chi connectivity index (χ0) is 19.4. The van der Waals surface area contributed by atoms with Crippen LogP contribution in [0.3, 0.4) is 0 Å². The quantitative estimate of drug-likeness (QED) is 0.609. The van der Waals surface area contributed by atoms with E-state index in [-0.39, 0.29) is 18.6 Å². The predicted octanol–water partition coefficient (Wildman–Crippen LogP) is 5.98. The Labute approximate surface area is 193 Å². The lowest BCUT2D eigenvalue weighted by Gasteiger charge is -2.45. The van der Waals surface area contributed by atoms with Gasteiger partial charge in [-0.2, -0.15) is 0 Å². The Morgan fingerprint density at radius 1 is 0.933 bits per heavy atom. The van der Waals surface area contributed by atoms with Crippen LogP contribution >= 0.6 is 24.0 Å². The Hall–Kier alpha value is -1.10. The van der Waals surface area contributed by atoms with Crippen molar-refractivity contribution in [3.63, 3.8) is 0 Å². The summed E-state index contributed by atoms with van der Waals surface area (Å²) in [5.74, 6) is 0. The predicted molar refractivity (Wildman–Crippen MR) is 131 cm³/mol. The molecule has 1 aliphatic heterocycles. The molecule has 4 rings (SSSR count). The van der Waals surface area contributed by atoms with Crippen molar-refractivity contribution in [1.82, 2.24) is 16.0 Å². The molecule has 1 heterocycles. The van der Waals surface area contributed by atoms with Crippen LogP contribution in [-0.4, -0.2) is 48.6 Å². The van der Waals surface area contributed by atoms with Crippen molar-refractivity contribution in [3.05, 3.63) is 70.7 Å². The van der Waals surface area contributed by atoms with E-state index in [1.54, 1.807) is 0 Å². The number of rotatable bonds is 5. The van der Waals surface area contributed by atoms with Gasteiger partial charge in [-0.1, -0.05) is 61.0 Å². The minimum atomic E-state index is 0. The number of hydrogen-bond donors (Lipinski definition) is 1. The largest absolute Gasteiger partial charge is 0.344 e. The first-order valence-electron chi connectivity index (χ1n) is 10.9. The molecular formula is C25H37Cl2N3. The van der Waals surface area contributed by atoms with Gasteiger partial charge in [0.1, 0.15) is 0 Å². The fourth-order valence-electron chi connectivity index (χ4n) is 5.04. The summed E-state index contributed by atoms with van der Waals surface area (Å²) in [7, 11) is 0. The molecule has 1 saturated heterocycles. The summed E-state index contributed by atoms with van der Waals surface area (Å²) in [5.41, 5.74) is 3.17. The Morgan fingerprint density at radius 3 is 2.23 bits per heavy atom. The zero-order valence-electron chi connectivity index (χ0n) is 18.2. The van der Waals surface area contributed by atoms with E-state index in [9.17, 15) is 0 Å². The Kier molecular flexibility index (Phi) is 9.65. The SMILES string of the molecule is CC1(c2cccc(Cl)c2)CCC(N2CCN(CCc3ccccc3)CC2)CC1.Cl.N. The molecule has 1 saturated carbocycles. The minimum Gasteiger partial charge on any atom is -0.344 e. The summed E-state index contributed by atoms with van der Waals surface area (Å²) in [5, 5.41) is 0.868. The van der Waals surface area contributed by atoms with Crippen molar-refractivity contribution >= 4 is 24.0 Å². The van der Waals surface area contributed by atoms with E-state index in [2.05, 4.69) is 65.3 Å². The van der Waals surface area contributed by atoms with Crippen molar-refractivity contribution < 1.29 is 0 Å². The van der Waals surface area contributed by atoms with Crippen LogP contribution in [0.2, 0.25) is 5.02 Å². The molecule has 0 bridgehead atoms. The Balaban J connectivity index is 0.00000160. The number of halogens is 2. The van der Waals surface area contributed by atoms with Crippen molar-refractivity contribution in [2.24, 2.45) is 0 Å². The van der Waals surface area contributed by atoms with Crippen LogP contribution in [0.5, 0.6) is 0 Å². The molecule has 0 amide bonds. The molecule has 30 heavy (non-hydrogen) atoms. The summed E-state index contributed by atoms with van der Waals surface area (Å²) >= 11 is 6.24. The van der Waals surface area contributed by atoms with Gasteiger partial charge in [-0.25, -0.2) is 0 Å². The fourth-order valence-corrected chi connectivity index (χ4v) is 5.23. The highest BCUT2D eigenvalue weighted by Gasteiger charge is 2.35. The molecule has 3 nitrogen and oxygen atoms in total. The lowest BCUT2D eigenvalue weighted by molar-refractivity contribution is 0.0676. The molecule has 2 aliphatic rings. The van der Waals surface area contributed by atoms with Gasteiger partial charge < -0.3 is 11.1 Å². The van der Waals surface area contributed by atoms with Crippen molar-refractivity contribution in [2.75, 3.05) is 32.7 Å². The Morgan fingerprint density at radius 2 is 1.60 bits per heavy atom. The highest BCUT2D eigenvalue weighted by atomic mass is 35.5. The maximum absolute atomic E-state index is 6.24. The van der Waals surface area contributed by atoms with E-state index in [1.807, 2.05) is 6.07 Å². The third-order valence-electron chi connectivity index (χ3n) is 7.06. The van der Waals surface area contributed by atoms with E-state index >= 15 is 0 Å². The second kappa shape index (κ2) is 11.5. The third kappa shape index (κ3) is 6.21. The van der Waals surface area contributed by atoms with Crippen LogP contribution in [0.1, 0.15) is 43.7 Å². The van der Waals surface area contributed by atoms with E-state index in [0.29, 0.717) is 5.41 Å². The molecule has 2 aromatic carbocycles. The van der Waals surface area contributed by atoms with Crippen LogP contribution < -0.4 is 6.15 Å². The Bertz CT molecular complexity index is 752. The van der Waals surface area contributed by atoms with E-state index in [1.165, 1.54) is 76.0 Å². The summed E-state index contributed by atoms with van der Waals surface area (Å²) in [4.78, 5) is 5.40. The van der Waals surface area contributed by atoms with Gasteiger partial charge in [0, 0.05) is 43.8 Å². The first kappa shape index (κ1) is 25.2. The maximum Gasteiger partial charge on any atom is 0.0408 e. The van der Waals surface area contributed by atoms with Gasteiger partial charge in [0.05, 0.1) is 0 Å². The molecule has 2 aromatic rings. The molecule has 0 radical (unpaired) electrons. The number of benzene rings is 2. The monoisotopic (exact) mass is 449 g/mol. The van der Waals surface area contributed by atoms with E-state index in [4.69, 9.17) is 11.6 Å². The van der Waals surface area contributed by atoms with Gasteiger partial charge in [-0.15, -0.1) is 12.4 Å². The summed E-state index contributed by atoms with van der Waals surface area (Å²) in [6.07, 6.45) is 6.33. The van der Waals surface area contributed by atoms with Crippen molar-refractivity contribution in [1.29, 1.82) is 0 Å². The van der Waals surface area contributed by atoms with Gasteiger partial charge in [-0.3, -0.25) is 4.90 Å². The standard InChI is InChI=1S/C25H33ClN2.ClH.H3N/c1-25(22-8-5-9-23(26)20-22)13-10-24(11-14-25)28-18-16-27(17-19-28)15-12-21-6-3-2-4-7-21;;/h2-9,20,24H,10-19H2,1H3;1H;1H3. The van der Waals surface area contributed by atoms with Gasteiger partial charge in [0.25, 0.3) is 0 Å². The molecule has 3 N–H and O–H groups in total. The maximum atomic E-state index is 6.24. The molecule has 0 spiro atoms. The summed E-state index contributed by atoms with van der Waals surface area (Å²) < 4.78 is 0. The lowest BCUT2D eigenvalue weighted by atomic mass is 9.69. The number of piperazine rings is 1. The zero-order valence-corrected chi connectivity index (χ0v) is 19.8. The second-order valence-electron chi connectivity index (χ2n) is 8.92. The van der Waals surface area contributed by atoms with E-state index < -0.39 is 0 Å². The number of nitrogens with zero attached hydrogens (tertiary/aromatic N) is 2. The normalized spacial score (nSPS) is 25.2. The highest BCUT2D eigenvalue weighted by molar-refractivity contribution is 6.30. The van der Waals surface area contributed by atoms with Crippen LogP contribution in [0.25, 0.3) is 0 Å². The molecule has 166 valence electrons. The van der Waals surface area contributed by atoms with Gasteiger partial charge in [0.2, 0.25) is 0 Å².